The summed E-state index contributed by atoms with van der Waals surface area (Å²) in [4.78, 5) is 42.6. The fourth-order valence-electron chi connectivity index (χ4n) is 3.96. The van der Waals surface area contributed by atoms with Gasteiger partial charge in [0.25, 0.3) is 17.7 Å². The lowest BCUT2D eigenvalue weighted by molar-refractivity contribution is -0.128. The molecule has 0 bridgehead atoms. The van der Waals surface area contributed by atoms with Crippen LogP contribution in [0, 0.1) is 13.8 Å². The summed E-state index contributed by atoms with van der Waals surface area (Å²) in [6.07, 6.45) is -1.11. The summed E-state index contributed by atoms with van der Waals surface area (Å²) < 4.78 is 5.03. The molecule has 9 heteroatoms. The van der Waals surface area contributed by atoms with E-state index in [4.69, 9.17) is 10.3 Å². The minimum atomic E-state index is -1.11. The van der Waals surface area contributed by atoms with Crippen LogP contribution in [0.15, 0.2) is 59.1 Å². The van der Waals surface area contributed by atoms with Crippen molar-refractivity contribution in [3.05, 3.63) is 88.3 Å². The van der Waals surface area contributed by atoms with Gasteiger partial charge in [-0.05, 0) is 37.1 Å². The Morgan fingerprint density at radius 2 is 1.68 bits per heavy atom. The molecule has 1 fully saturated rings. The molecule has 1 aliphatic rings. The van der Waals surface area contributed by atoms with Crippen molar-refractivity contribution in [3.8, 4) is 0 Å². The van der Waals surface area contributed by atoms with Gasteiger partial charge < -0.3 is 25.4 Å². The Labute approximate surface area is 197 Å². The molecule has 4 rings (SSSR count). The van der Waals surface area contributed by atoms with Crippen molar-refractivity contribution < 1.29 is 18.9 Å². The van der Waals surface area contributed by atoms with Gasteiger partial charge in [0.15, 0.2) is 11.9 Å². The molecular formula is C25H27N5O4. The maximum absolute atomic E-state index is 13.4. The SMILES string of the molecule is Cc1ccc(C(=O)N2CCN(C(=O)c3cc(C)on3)C2C(=O)NCc2cccc(CN)c2)cc1. The fourth-order valence-corrected chi connectivity index (χ4v) is 3.96. The summed E-state index contributed by atoms with van der Waals surface area (Å²) in [5, 5.41) is 6.66. The second kappa shape index (κ2) is 9.88. The Balaban J connectivity index is 1.59. The summed E-state index contributed by atoms with van der Waals surface area (Å²) in [7, 11) is 0. The average Bonchev–Trinajstić information content (AvgIpc) is 3.49. The van der Waals surface area contributed by atoms with Crippen molar-refractivity contribution >= 4 is 17.7 Å². The predicted molar refractivity (Wildman–Crippen MR) is 124 cm³/mol. The maximum atomic E-state index is 13.4. The van der Waals surface area contributed by atoms with Crippen LogP contribution < -0.4 is 11.1 Å². The molecule has 3 aromatic rings. The van der Waals surface area contributed by atoms with E-state index >= 15 is 0 Å². The number of carbonyl (C=O) groups excluding carboxylic acids is 3. The largest absolute Gasteiger partial charge is 0.361 e. The topological polar surface area (TPSA) is 122 Å². The van der Waals surface area contributed by atoms with Gasteiger partial charge >= 0.3 is 0 Å². The first kappa shape index (κ1) is 23.2. The molecule has 1 unspecified atom stereocenters. The van der Waals surface area contributed by atoms with Gasteiger partial charge in [0.05, 0.1) is 0 Å². The normalized spacial score (nSPS) is 15.4. The van der Waals surface area contributed by atoms with Crippen LogP contribution in [0.3, 0.4) is 0 Å². The van der Waals surface area contributed by atoms with E-state index in [0.29, 0.717) is 17.9 Å². The average molecular weight is 462 g/mol. The second-order valence-electron chi connectivity index (χ2n) is 8.30. The van der Waals surface area contributed by atoms with E-state index in [1.807, 2.05) is 43.3 Å². The van der Waals surface area contributed by atoms with E-state index in [0.717, 1.165) is 16.7 Å². The summed E-state index contributed by atoms with van der Waals surface area (Å²) in [5.41, 5.74) is 9.09. The molecule has 1 aromatic heterocycles. The standard InChI is InChI=1S/C25H27N5O4/c1-16-6-8-20(9-7-16)24(32)29-10-11-30(25(33)21-12-17(2)34-28-21)23(29)22(31)27-15-19-5-3-4-18(13-19)14-26/h3-9,12-13,23H,10-11,14-15,26H2,1-2H3,(H,27,31). The summed E-state index contributed by atoms with van der Waals surface area (Å²) in [5.74, 6) is -0.765. The number of rotatable bonds is 6. The number of aryl methyl sites for hydroxylation is 2. The first-order valence-electron chi connectivity index (χ1n) is 11.0. The number of nitrogens with two attached hydrogens (primary N) is 1. The van der Waals surface area contributed by atoms with Gasteiger partial charge in [0.1, 0.15) is 5.76 Å². The molecule has 3 amide bonds. The maximum Gasteiger partial charge on any atom is 0.278 e. The molecular weight excluding hydrogens is 434 g/mol. The first-order chi connectivity index (χ1) is 16.4. The van der Waals surface area contributed by atoms with Gasteiger partial charge in [-0.3, -0.25) is 14.4 Å². The minimum absolute atomic E-state index is 0.0931. The van der Waals surface area contributed by atoms with E-state index in [-0.39, 0.29) is 31.2 Å². The number of amides is 3. The number of carbonyl (C=O) groups is 3. The lowest BCUT2D eigenvalue weighted by atomic mass is 10.1. The molecule has 9 nitrogen and oxygen atoms in total. The minimum Gasteiger partial charge on any atom is -0.361 e. The van der Waals surface area contributed by atoms with Crippen LogP contribution in [0.4, 0.5) is 0 Å². The quantitative estimate of drug-likeness (QED) is 0.579. The van der Waals surface area contributed by atoms with Crippen molar-refractivity contribution in [2.45, 2.75) is 33.1 Å². The van der Waals surface area contributed by atoms with Crippen molar-refractivity contribution in [2.24, 2.45) is 5.73 Å². The van der Waals surface area contributed by atoms with Crippen LogP contribution in [-0.2, 0) is 17.9 Å². The molecule has 1 aliphatic heterocycles. The third kappa shape index (κ3) is 4.84. The lowest BCUT2D eigenvalue weighted by Crippen LogP contribution is -2.53. The summed E-state index contributed by atoms with van der Waals surface area (Å²) in [6.45, 7) is 4.66. The Kier molecular flexibility index (Phi) is 6.74. The zero-order chi connectivity index (χ0) is 24.2. The molecule has 1 atom stereocenters. The van der Waals surface area contributed by atoms with Crippen LogP contribution in [0.1, 0.15) is 43.3 Å². The zero-order valence-electron chi connectivity index (χ0n) is 19.2. The molecule has 34 heavy (non-hydrogen) atoms. The van der Waals surface area contributed by atoms with Crippen LogP contribution in [-0.4, -0.2) is 51.9 Å². The van der Waals surface area contributed by atoms with Crippen molar-refractivity contribution in [2.75, 3.05) is 13.1 Å². The second-order valence-corrected chi connectivity index (χ2v) is 8.30. The third-order valence-electron chi connectivity index (χ3n) is 5.77. The number of aromatic nitrogens is 1. The Bertz CT molecular complexity index is 1200. The Morgan fingerprint density at radius 1 is 1.00 bits per heavy atom. The monoisotopic (exact) mass is 461 g/mol. The molecule has 0 aliphatic carbocycles. The Morgan fingerprint density at radius 3 is 2.32 bits per heavy atom. The number of hydrogen-bond donors (Lipinski definition) is 2. The zero-order valence-corrected chi connectivity index (χ0v) is 19.2. The van der Waals surface area contributed by atoms with E-state index in [2.05, 4.69) is 10.5 Å². The van der Waals surface area contributed by atoms with Gasteiger partial charge in [-0.25, -0.2) is 0 Å². The predicted octanol–water partition coefficient (Wildman–Crippen LogP) is 1.99. The van der Waals surface area contributed by atoms with E-state index in [1.165, 1.54) is 15.9 Å². The number of nitrogens with zero attached hydrogens (tertiary/aromatic N) is 3. The van der Waals surface area contributed by atoms with Crippen LogP contribution in [0.25, 0.3) is 0 Å². The molecule has 0 radical (unpaired) electrons. The van der Waals surface area contributed by atoms with Crippen LogP contribution in [0.5, 0.6) is 0 Å². The molecule has 2 heterocycles. The highest BCUT2D eigenvalue weighted by atomic mass is 16.5. The molecule has 176 valence electrons. The van der Waals surface area contributed by atoms with E-state index < -0.39 is 18.0 Å². The van der Waals surface area contributed by atoms with Gasteiger partial charge in [-0.15, -0.1) is 0 Å². The van der Waals surface area contributed by atoms with Crippen molar-refractivity contribution in [3.63, 3.8) is 0 Å². The van der Waals surface area contributed by atoms with Crippen LogP contribution >= 0.6 is 0 Å². The van der Waals surface area contributed by atoms with Gasteiger partial charge in [0, 0.05) is 37.8 Å². The molecule has 1 saturated heterocycles. The smallest absolute Gasteiger partial charge is 0.278 e. The first-order valence-corrected chi connectivity index (χ1v) is 11.0. The molecule has 0 spiro atoms. The van der Waals surface area contributed by atoms with Gasteiger partial charge in [0.2, 0.25) is 0 Å². The summed E-state index contributed by atoms with van der Waals surface area (Å²) >= 11 is 0. The molecule has 3 N–H and O–H groups in total. The van der Waals surface area contributed by atoms with Crippen molar-refractivity contribution in [1.29, 1.82) is 0 Å². The Hall–Kier alpha value is -3.98. The summed E-state index contributed by atoms with van der Waals surface area (Å²) in [6, 6.07) is 16.2. The number of benzene rings is 2. The molecule has 0 saturated carbocycles. The molecule has 2 aromatic carbocycles. The number of nitrogens with one attached hydrogen (secondary N) is 1. The fraction of sp³-hybridized carbons (Fsp3) is 0.280. The van der Waals surface area contributed by atoms with E-state index in [1.54, 1.807) is 19.1 Å². The van der Waals surface area contributed by atoms with Gasteiger partial charge in [-0.2, -0.15) is 0 Å². The highest BCUT2D eigenvalue weighted by molar-refractivity contribution is 6.01. The van der Waals surface area contributed by atoms with Gasteiger partial charge in [-0.1, -0.05) is 47.1 Å². The van der Waals surface area contributed by atoms with Crippen LogP contribution in [0.2, 0.25) is 0 Å². The van der Waals surface area contributed by atoms with Crippen molar-refractivity contribution in [1.82, 2.24) is 20.3 Å². The lowest BCUT2D eigenvalue weighted by Gasteiger charge is -2.29. The third-order valence-corrected chi connectivity index (χ3v) is 5.77. The highest BCUT2D eigenvalue weighted by Crippen LogP contribution is 2.22. The van der Waals surface area contributed by atoms with E-state index in [9.17, 15) is 14.4 Å². The number of hydrogen-bond acceptors (Lipinski definition) is 6. The highest BCUT2D eigenvalue weighted by Gasteiger charge is 2.43.